The van der Waals surface area contributed by atoms with E-state index in [0.29, 0.717) is 5.92 Å². The third kappa shape index (κ3) is 3.05. The van der Waals surface area contributed by atoms with Crippen molar-refractivity contribution >= 4 is 0 Å². The number of nitrogens with zero attached hydrogens (tertiary/aromatic N) is 2. The van der Waals surface area contributed by atoms with Crippen LogP contribution in [0.3, 0.4) is 0 Å². The Morgan fingerprint density at radius 1 is 1.22 bits per heavy atom. The highest BCUT2D eigenvalue weighted by atomic mass is 16.3. The fraction of sp³-hybridized carbons (Fsp3) is 1.00. The normalized spacial score (nSPS) is 26.5. The van der Waals surface area contributed by atoms with Crippen molar-refractivity contribution in [3.63, 3.8) is 0 Å². The molecule has 0 aromatic rings. The van der Waals surface area contributed by atoms with E-state index in [0.717, 1.165) is 12.6 Å². The Labute approximate surface area is 111 Å². The molecule has 1 unspecified atom stereocenters. The quantitative estimate of drug-likeness (QED) is 0.719. The van der Waals surface area contributed by atoms with E-state index < -0.39 is 0 Å². The van der Waals surface area contributed by atoms with Gasteiger partial charge in [-0.05, 0) is 65.8 Å². The lowest BCUT2D eigenvalue weighted by atomic mass is 9.92. The number of hydrogen-bond donors (Lipinski definition) is 2. The molecule has 1 heterocycles. The third-order valence-corrected chi connectivity index (χ3v) is 4.93. The first kappa shape index (κ1) is 14.3. The average molecular weight is 255 g/mol. The molecule has 1 saturated carbocycles. The standard InChI is InChI=1S/C14H29N3O/c1-15-14(11-18,12-4-5-12)10-17-8-6-13(7-9-17)16(2)3/h12-13,15,18H,4-11H2,1-3H3. The summed E-state index contributed by atoms with van der Waals surface area (Å²) < 4.78 is 0. The van der Waals surface area contributed by atoms with Crippen molar-refractivity contribution in [3.05, 3.63) is 0 Å². The molecule has 4 heteroatoms. The maximum absolute atomic E-state index is 9.76. The van der Waals surface area contributed by atoms with E-state index in [4.69, 9.17) is 0 Å². The van der Waals surface area contributed by atoms with Gasteiger partial charge in [0.2, 0.25) is 0 Å². The maximum Gasteiger partial charge on any atom is 0.0628 e. The lowest BCUT2D eigenvalue weighted by molar-refractivity contribution is 0.0702. The fourth-order valence-corrected chi connectivity index (χ4v) is 3.30. The van der Waals surface area contributed by atoms with Crippen molar-refractivity contribution in [2.75, 3.05) is 47.4 Å². The Morgan fingerprint density at radius 2 is 1.83 bits per heavy atom. The minimum atomic E-state index is -0.0506. The van der Waals surface area contributed by atoms with Crippen LogP contribution in [0, 0.1) is 5.92 Å². The molecule has 4 nitrogen and oxygen atoms in total. The number of rotatable bonds is 6. The number of nitrogens with one attached hydrogen (secondary N) is 1. The van der Waals surface area contributed by atoms with E-state index in [1.54, 1.807) is 0 Å². The Balaban J connectivity index is 1.86. The second-order valence-corrected chi connectivity index (χ2v) is 6.31. The van der Waals surface area contributed by atoms with Crippen LogP contribution in [-0.4, -0.2) is 73.9 Å². The van der Waals surface area contributed by atoms with Crippen molar-refractivity contribution in [2.24, 2.45) is 5.92 Å². The lowest BCUT2D eigenvalue weighted by Gasteiger charge is -2.41. The van der Waals surface area contributed by atoms with Gasteiger partial charge in [0.25, 0.3) is 0 Å². The van der Waals surface area contributed by atoms with E-state index in [-0.39, 0.29) is 12.1 Å². The Morgan fingerprint density at radius 3 is 2.22 bits per heavy atom. The number of likely N-dealkylation sites (N-methyl/N-ethyl adjacent to an activating group) is 1. The van der Waals surface area contributed by atoms with Gasteiger partial charge in [-0.1, -0.05) is 0 Å². The largest absolute Gasteiger partial charge is 0.394 e. The van der Waals surface area contributed by atoms with E-state index in [9.17, 15) is 5.11 Å². The van der Waals surface area contributed by atoms with Crippen LogP contribution in [0.2, 0.25) is 0 Å². The maximum atomic E-state index is 9.76. The highest BCUT2D eigenvalue weighted by molar-refractivity contribution is 5.02. The zero-order chi connectivity index (χ0) is 13.2. The van der Waals surface area contributed by atoms with Crippen LogP contribution in [0.4, 0.5) is 0 Å². The fourth-order valence-electron chi connectivity index (χ4n) is 3.30. The molecule has 2 fully saturated rings. The van der Waals surface area contributed by atoms with Gasteiger partial charge in [0, 0.05) is 12.6 Å². The third-order valence-electron chi connectivity index (χ3n) is 4.93. The monoisotopic (exact) mass is 255 g/mol. The minimum Gasteiger partial charge on any atom is -0.394 e. The smallest absolute Gasteiger partial charge is 0.0628 e. The highest BCUT2D eigenvalue weighted by Gasteiger charge is 2.45. The second kappa shape index (κ2) is 5.87. The molecule has 1 aliphatic heterocycles. The highest BCUT2D eigenvalue weighted by Crippen LogP contribution is 2.40. The zero-order valence-corrected chi connectivity index (χ0v) is 12.2. The summed E-state index contributed by atoms with van der Waals surface area (Å²) in [6.07, 6.45) is 5.05. The van der Waals surface area contributed by atoms with E-state index >= 15 is 0 Å². The van der Waals surface area contributed by atoms with Crippen molar-refractivity contribution in [3.8, 4) is 0 Å². The number of hydrogen-bond acceptors (Lipinski definition) is 4. The number of aliphatic hydroxyl groups excluding tert-OH is 1. The molecule has 1 atom stereocenters. The summed E-state index contributed by atoms with van der Waals surface area (Å²) in [7, 11) is 6.35. The molecular weight excluding hydrogens is 226 g/mol. The molecule has 0 spiro atoms. The SMILES string of the molecule is CNC(CO)(CN1CCC(N(C)C)CC1)C1CC1. The van der Waals surface area contributed by atoms with Gasteiger partial charge in [0.1, 0.15) is 0 Å². The molecule has 106 valence electrons. The lowest BCUT2D eigenvalue weighted by Crippen LogP contribution is -2.58. The average Bonchev–Trinajstić information content (AvgIpc) is 3.21. The van der Waals surface area contributed by atoms with E-state index in [2.05, 4.69) is 29.2 Å². The van der Waals surface area contributed by atoms with Crippen LogP contribution in [0.15, 0.2) is 0 Å². The molecule has 1 aliphatic carbocycles. The summed E-state index contributed by atoms with van der Waals surface area (Å²) in [4.78, 5) is 4.88. The molecule has 2 aliphatic rings. The molecule has 18 heavy (non-hydrogen) atoms. The van der Waals surface area contributed by atoms with Gasteiger partial charge in [-0.3, -0.25) is 0 Å². The molecule has 1 saturated heterocycles. The molecule has 0 aromatic heterocycles. The number of likely N-dealkylation sites (tertiary alicyclic amines) is 1. The summed E-state index contributed by atoms with van der Waals surface area (Å²) in [6, 6.07) is 0.736. The van der Waals surface area contributed by atoms with Crippen LogP contribution in [0.25, 0.3) is 0 Å². The van der Waals surface area contributed by atoms with Gasteiger partial charge in [-0.15, -0.1) is 0 Å². The first-order chi connectivity index (χ1) is 8.61. The predicted molar refractivity (Wildman–Crippen MR) is 74.7 cm³/mol. The summed E-state index contributed by atoms with van der Waals surface area (Å²) in [5.74, 6) is 0.680. The molecule has 0 bridgehead atoms. The van der Waals surface area contributed by atoms with Gasteiger partial charge in [0.15, 0.2) is 0 Å². The Bertz CT molecular complexity index is 254. The summed E-state index contributed by atoms with van der Waals surface area (Å²) in [5, 5.41) is 13.2. The first-order valence-electron chi connectivity index (χ1n) is 7.30. The molecule has 0 radical (unpaired) electrons. The number of aliphatic hydroxyl groups is 1. The molecule has 0 amide bonds. The summed E-state index contributed by atoms with van der Waals surface area (Å²) in [6.45, 7) is 3.60. The van der Waals surface area contributed by atoms with Crippen LogP contribution >= 0.6 is 0 Å². The molecule has 2 rings (SSSR count). The van der Waals surface area contributed by atoms with Gasteiger partial charge in [-0.2, -0.15) is 0 Å². The molecule has 2 N–H and O–H groups in total. The van der Waals surface area contributed by atoms with E-state index in [1.807, 2.05) is 7.05 Å². The van der Waals surface area contributed by atoms with Crippen LogP contribution in [-0.2, 0) is 0 Å². The van der Waals surface area contributed by atoms with Gasteiger partial charge in [0.05, 0.1) is 12.1 Å². The Hall–Kier alpha value is -0.160. The Kier molecular flexibility index (Phi) is 4.64. The van der Waals surface area contributed by atoms with Crippen LogP contribution in [0.1, 0.15) is 25.7 Å². The van der Waals surface area contributed by atoms with Gasteiger partial charge >= 0.3 is 0 Å². The van der Waals surface area contributed by atoms with Gasteiger partial charge < -0.3 is 20.2 Å². The van der Waals surface area contributed by atoms with Crippen molar-refractivity contribution in [2.45, 2.75) is 37.3 Å². The van der Waals surface area contributed by atoms with Crippen molar-refractivity contribution in [1.82, 2.24) is 15.1 Å². The second-order valence-electron chi connectivity index (χ2n) is 6.31. The molecule has 0 aromatic carbocycles. The topological polar surface area (TPSA) is 38.7 Å². The van der Waals surface area contributed by atoms with Gasteiger partial charge in [-0.25, -0.2) is 0 Å². The van der Waals surface area contributed by atoms with Crippen molar-refractivity contribution in [1.29, 1.82) is 0 Å². The van der Waals surface area contributed by atoms with Crippen LogP contribution < -0.4 is 5.32 Å². The number of piperidine rings is 1. The minimum absolute atomic E-state index is 0.0506. The predicted octanol–water partition coefficient (Wildman–Crippen LogP) is 0.373. The zero-order valence-electron chi connectivity index (χ0n) is 12.2. The van der Waals surface area contributed by atoms with Crippen LogP contribution in [0.5, 0.6) is 0 Å². The van der Waals surface area contributed by atoms with Crippen molar-refractivity contribution < 1.29 is 5.11 Å². The molecular formula is C14H29N3O. The summed E-state index contributed by atoms with van der Waals surface area (Å²) >= 11 is 0. The summed E-state index contributed by atoms with van der Waals surface area (Å²) in [5.41, 5.74) is -0.0506. The first-order valence-corrected chi connectivity index (χ1v) is 7.30. The van der Waals surface area contributed by atoms with E-state index in [1.165, 1.54) is 38.8 Å².